The number of likely N-dealkylation sites (N-methyl/N-ethyl adjacent to an activating group) is 1. The predicted molar refractivity (Wildman–Crippen MR) is 256 cm³/mol. The summed E-state index contributed by atoms with van der Waals surface area (Å²) in [7, 11) is -3.18. The van der Waals surface area contributed by atoms with Crippen LogP contribution in [0.1, 0.15) is 72.2 Å². The van der Waals surface area contributed by atoms with Crippen LogP contribution < -0.4 is 52.1 Å². The van der Waals surface area contributed by atoms with Crippen LogP contribution in [0.2, 0.25) is 0 Å². The second-order valence-electron chi connectivity index (χ2n) is 17.4. The molecule has 0 radical (unpaired) electrons. The first-order chi connectivity index (χ1) is 32.6. The molecule has 0 saturated carbocycles. The van der Waals surface area contributed by atoms with E-state index in [-0.39, 0.29) is 67.2 Å². The van der Waals surface area contributed by atoms with Crippen molar-refractivity contribution < 1.29 is 41.9 Å². The summed E-state index contributed by atoms with van der Waals surface area (Å²) >= 11 is 0. The van der Waals surface area contributed by atoms with Crippen molar-refractivity contribution >= 4 is 39.7 Å². The minimum Gasteiger partial charge on any atom is -0.492 e. The van der Waals surface area contributed by atoms with Crippen LogP contribution in [0, 0.1) is 25.2 Å². The van der Waals surface area contributed by atoms with Gasteiger partial charge in [-0.15, -0.1) is 0 Å². The molecular weight excluding hydrogens is 909 g/mol. The predicted octanol–water partition coefficient (Wildman–Crippen LogP) is 0.677. The maximum Gasteiger partial charge on any atom is 0.274 e. The van der Waals surface area contributed by atoms with Crippen molar-refractivity contribution in [2.45, 2.75) is 77.5 Å². The molecule has 1 aliphatic heterocycles. The van der Waals surface area contributed by atoms with Gasteiger partial charge in [0, 0.05) is 49.8 Å². The number of fused-ring (bicyclic) bond motifs is 5. The van der Waals surface area contributed by atoms with Crippen molar-refractivity contribution in [2.24, 2.45) is 16.6 Å². The number of rotatable bonds is 16. The lowest BCUT2D eigenvalue weighted by atomic mass is 9.86. The normalized spacial score (nSPS) is 16.7. The molecule has 0 fully saturated rings. The number of benzene rings is 3. The first-order valence-electron chi connectivity index (χ1n) is 22.1. The molecular formula is C47H60N12O9S. The van der Waals surface area contributed by atoms with Crippen LogP contribution in [-0.2, 0) is 41.2 Å². The summed E-state index contributed by atoms with van der Waals surface area (Å²) in [6, 6.07) is 13.5. The van der Waals surface area contributed by atoms with Gasteiger partial charge >= 0.3 is 0 Å². The number of aromatic nitrogens is 2. The molecule has 69 heavy (non-hydrogen) atoms. The van der Waals surface area contributed by atoms with Crippen LogP contribution in [0.4, 0.5) is 0 Å². The highest BCUT2D eigenvalue weighted by Crippen LogP contribution is 2.40. The lowest BCUT2D eigenvalue weighted by molar-refractivity contribution is -0.141. The average molecular weight is 969 g/mol. The minimum absolute atomic E-state index is 0.0175. The molecule has 3 aromatic carbocycles. The Morgan fingerprint density at radius 1 is 0.913 bits per heavy atom. The third-order valence-electron chi connectivity index (χ3n) is 11.2. The zero-order valence-corrected chi connectivity index (χ0v) is 40.5. The van der Waals surface area contributed by atoms with Crippen molar-refractivity contribution in [1.82, 2.24) is 40.9 Å². The van der Waals surface area contributed by atoms with E-state index in [1.165, 1.54) is 20.0 Å². The summed E-state index contributed by atoms with van der Waals surface area (Å²) in [6.07, 6.45) is -0.0488. The summed E-state index contributed by atoms with van der Waals surface area (Å²) in [4.78, 5) is 81.0. The maximum atomic E-state index is 14.8. The average Bonchev–Trinajstić information content (AvgIpc) is 3.29. The molecule has 0 saturated heterocycles. The Morgan fingerprint density at radius 3 is 2.07 bits per heavy atom. The summed E-state index contributed by atoms with van der Waals surface area (Å²) in [6.45, 7) is 10.2. The van der Waals surface area contributed by atoms with Crippen molar-refractivity contribution in [1.29, 1.82) is 5.26 Å². The molecule has 1 aromatic heterocycles. The number of hydrogen-bond acceptors (Lipinski definition) is 14. The molecule has 5 amide bonds. The molecule has 4 atom stereocenters. The van der Waals surface area contributed by atoms with E-state index in [4.69, 9.17) is 26.1 Å². The highest BCUT2D eigenvalue weighted by molar-refractivity contribution is 7.87. The molecule has 0 spiro atoms. The number of aryl methyl sites for hydroxylation is 2. The quantitative estimate of drug-likeness (QED) is 0.0717. The summed E-state index contributed by atoms with van der Waals surface area (Å²) in [5.74, 6) is -3.13. The van der Waals surface area contributed by atoms with E-state index in [0.717, 1.165) is 10.5 Å². The van der Waals surface area contributed by atoms with Crippen LogP contribution in [0.15, 0.2) is 60.7 Å². The molecule has 11 N–H and O–H groups in total. The molecule has 1 aliphatic rings. The van der Waals surface area contributed by atoms with E-state index in [0.29, 0.717) is 39.6 Å². The van der Waals surface area contributed by atoms with Crippen LogP contribution >= 0.6 is 0 Å². The number of nitrogens with zero attached hydrogens (tertiary/aromatic N) is 4. The van der Waals surface area contributed by atoms with Gasteiger partial charge in [-0.25, -0.2) is 15.1 Å². The smallest absolute Gasteiger partial charge is 0.274 e. The Balaban J connectivity index is 1.61. The molecule has 4 aromatic rings. The Labute approximate surface area is 401 Å². The molecule has 2 heterocycles. The van der Waals surface area contributed by atoms with Crippen LogP contribution in [0.3, 0.4) is 0 Å². The largest absolute Gasteiger partial charge is 0.492 e. The third kappa shape index (κ3) is 13.6. The first-order valence-corrected chi connectivity index (χ1v) is 23.6. The van der Waals surface area contributed by atoms with Gasteiger partial charge in [0.15, 0.2) is 5.82 Å². The number of carbonyl (C=O) groups is 5. The fourth-order valence-electron chi connectivity index (χ4n) is 7.63. The van der Waals surface area contributed by atoms with Crippen LogP contribution in [0.5, 0.6) is 11.5 Å². The van der Waals surface area contributed by atoms with Gasteiger partial charge in [-0.2, -0.15) is 18.4 Å². The molecule has 4 unspecified atom stereocenters. The van der Waals surface area contributed by atoms with Gasteiger partial charge in [-0.3, -0.25) is 24.0 Å². The molecule has 368 valence electrons. The second kappa shape index (κ2) is 22.8. The number of carbonyl (C=O) groups excluding carboxylic acids is 5. The zero-order chi connectivity index (χ0) is 50.8. The molecule has 5 rings (SSSR count). The van der Waals surface area contributed by atoms with Gasteiger partial charge in [0.25, 0.3) is 16.1 Å². The van der Waals surface area contributed by atoms with Crippen molar-refractivity contribution in [3.63, 3.8) is 0 Å². The Kier molecular flexibility index (Phi) is 17.5. The van der Waals surface area contributed by atoms with Crippen molar-refractivity contribution in [3.8, 4) is 40.1 Å². The van der Waals surface area contributed by atoms with E-state index >= 15 is 0 Å². The number of nitriles is 1. The first kappa shape index (κ1) is 52.9. The zero-order valence-electron chi connectivity index (χ0n) is 39.6. The van der Waals surface area contributed by atoms with Crippen molar-refractivity contribution in [3.05, 3.63) is 94.3 Å². The van der Waals surface area contributed by atoms with Gasteiger partial charge in [0.05, 0.1) is 23.0 Å². The van der Waals surface area contributed by atoms with E-state index in [2.05, 4.69) is 56.7 Å². The van der Waals surface area contributed by atoms with Gasteiger partial charge in [0.2, 0.25) is 23.6 Å². The standard InChI is InChI=1S/C47H60N12O9S/c1-26-39(27(2)55-41(54-26)30-9-12-32(13-10-30)47(4,5)6)44(62)58-36(25-53-69(51,65)66)46(64)59(7)40-31-11-15-38(68-21-18-50)34(24-31)33-22-29(8-14-37(33)67-20-17-49)23-35(43(61)52-19-16-48)57-42(60)28(3)56-45(40)63/h8-15,22,24,28,35-36,40,53H,17-21,23,25,49-50H2,1-7H3,(H,52,61)(H,56,63)(H,57,60)(H,58,62)(H2,51,65,66). The minimum atomic E-state index is -4.44. The number of nitrogens with two attached hydrogens (primary N) is 3. The lowest BCUT2D eigenvalue weighted by Gasteiger charge is -2.32. The highest BCUT2D eigenvalue weighted by atomic mass is 32.2. The van der Waals surface area contributed by atoms with E-state index in [1.54, 1.807) is 44.2 Å². The number of amides is 5. The van der Waals surface area contributed by atoms with E-state index in [9.17, 15) is 37.7 Å². The SMILES string of the molecule is Cc1nc(-c2ccc(C(C)(C)C)cc2)nc(C)c1C(=O)NC(CNS(N)(=O)=O)C(=O)N(C)C1C(=O)NC(C)C(=O)NC(C(=O)NCC#N)Cc2ccc(OCCN)c(c2)-c2cc1ccc2OCCN. The van der Waals surface area contributed by atoms with Crippen LogP contribution in [-0.4, -0.2) is 117 Å². The fraction of sp³-hybridized carbons (Fsp3) is 0.404. The Hall–Kier alpha value is -7.03. The lowest BCUT2D eigenvalue weighted by Crippen LogP contribution is -2.57. The fourth-order valence-corrected chi connectivity index (χ4v) is 8.03. The Bertz CT molecular complexity index is 2700. The molecule has 4 bridgehead atoms. The number of ether oxygens (including phenoxy) is 2. The number of nitrogens with one attached hydrogen (secondary N) is 5. The summed E-state index contributed by atoms with van der Waals surface area (Å²) < 4.78 is 38.7. The van der Waals surface area contributed by atoms with Gasteiger partial charge in [-0.05, 0) is 67.1 Å². The summed E-state index contributed by atoms with van der Waals surface area (Å²) in [5, 5.41) is 24.8. The molecule has 21 nitrogen and oxygen atoms in total. The monoisotopic (exact) mass is 968 g/mol. The van der Waals surface area contributed by atoms with E-state index in [1.807, 2.05) is 30.3 Å². The topological polar surface area (TPSA) is 329 Å². The Morgan fingerprint density at radius 2 is 1.51 bits per heavy atom. The molecule has 0 aliphatic carbocycles. The second-order valence-corrected chi connectivity index (χ2v) is 18.8. The molecule has 22 heteroatoms. The van der Waals surface area contributed by atoms with Crippen LogP contribution in [0.25, 0.3) is 22.5 Å². The van der Waals surface area contributed by atoms with Gasteiger partial charge in [0.1, 0.15) is 55.4 Å². The van der Waals surface area contributed by atoms with Gasteiger partial charge in [-0.1, -0.05) is 57.2 Å². The van der Waals surface area contributed by atoms with Crippen molar-refractivity contribution in [2.75, 3.05) is 46.4 Å². The third-order valence-corrected chi connectivity index (χ3v) is 11.7. The summed E-state index contributed by atoms with van der Waals surface area (Å²) in [5.41, 5.74) is 15.4. The van der Waals surface area contributed by atoms with E-state index < -0.39 is 70.5 Å². The van der Waals surface area contributed by atoms with Gasteiger partial charge < -0.3 is 47.1 Å². The number of hydrogen-bond donors (Lipinski definition) is 8. The maximum absolute atomic E-state index is 14.8. The highest BCUT2D eigenvalue weighted by Gasteiger charge is 2.37.